The van der Waals surface area contributed by atoms with Crippen molar-refractivity contribution in [1.82, 2.24) is 4.98 Å². The molecule has 0 N–H and O–H groups in total. The van der Waals surface area contributed by atoms with Gasteiger partial charge in [0.25, 0.3) is 0 Å². The first-order chi connectivity index (χ1) is 6.70. The van der Waals surface area contributed by atoms with Crippen molar-refractivity contribution in [3.63, 3.8) is 0 Å². The van der Waals surface area contributed by atoms with Gasteiger partial charge in [-0.25, -0.2) is 8.78 Å². The lowest BCUT2D eigenvalue weighted by Gasteiger charge is -1.98. The average Bonchev–Trinajstić information content (AvgIpc) is 2.19. The quantitative estimate of drug-likeness (QED) is 0.553. The molecule has 0 aliphatic carbocycles. The van der Waals surface area contributed by atoms with Crippen molar-refractivity contribution < 1.29 is 13.6 Å². The van der Waals surface area contributed by atoms with Crippen LogP contribution in [0, 0.1) is 11.6 Å². The standard InChI is InChI=1S/C10H5F2NO.H3P/c11-8-2-7-1-6(5-14)4-13-10(7)3-9(8)12;/h1-5H;1H3. The van der Waals surface area contributed by atoms with Crippen molar-refractivity contribution in [3.8, 4) is 0 Å². The van der Waals surface area contributed by atoms with Gasteiger partial charge in [-0.3, -0.25) is 9.78 Å². The summed E-state index contributed by atoms with van der Waals surface area (Å²) in [5, 5.41) is 0.411. The van der Waals surface area contributed by atoms with Crippen LogP contribution in [0.25, 0.3) is 10.9 Å². The third-order valence-electron chi connectivity index (χ3n) is 1.88. The zero-order valence-electron chi connectivity index (χ0n) is 7.71. The van der Waals surface area contributed by atoms with Crippen LogP contribution in [-0.4, -0.2) is 11.3 Å². The number of hydrogen-bond donors (Lipinski definition) is 0. The topological polar surface area (TPSA) is 30.0 Å². The highest BCUT2D eigenvalue weighted by Gasteiger charge is 2.05. The molecule has 1 heterocycles. The Kier molecular flexibility index (Phi) is 3.43. The molecular formula is C10H8F2NOP. The summed E-state index contributed by atoms with van der Waals surface area (Å²) >= 11 is 0. The predicted molar refractivity (Wildman–Crippen MR) is 58.2 cm³/mol. The molecule has 2 nitrogen and oxygen atoms in total. The summed E-state index contributed by atoms with van der Waals surface area (Å²) in [6.45, 7) is 0. The highest BCUT2D eigenvalue weighted by atomic mass is 31.0. The van der Waals surface area contributed by atoms with Gasteiger partial charge in [0, 0.05) is 23.2 Å². The predicted octanol–water partition coefficient (Wildman–Crippen LogP) is 2.38. The number of nitrogens with zero attached hydrogens (tertiary/aromatic N) is 1. The largest absolute Gasteiger partial charge is 0.298 e. The first-order valence-electron chi connectivity index (χ1n) is 3.90. The van der Waals surface area contributed by atoms with Gasteiger partial charge in [0.1, 0.15) is 0 Å². The number of halogens is 2. The van der Waals surface area contributed by atoms with E-state index >= 15 is 0 Å². The number of fused-ring (bicyclic) bond motifs is 1. The van der Waals surface area contributed by atoms with Crippen LogP contribution in [0.4, 0.5) is 8.78 Å². The lowest BCUT2D eigenvalue weighted by Crippen LogP contribution is -1.89. The molecule has 1 unspecified atom stereocenters. The fourth-order valence-electron chi connectivity index (χ4n) is 1.20. The van der Waals surface area contributed by atoms with Crippen LogP contribution < -0.4 is 0 Å². The van der Waals surface area contributed by atoms with Gasteiger partial charge in [-0.2, -0.15) is 9.90 Å². The number of carbonyl (C=O) groups is 1. The van der Waals surface area contributed by atoms with E-state index < -0.39 is 11.6 Å². The number of aldehydes is 1. The fourth-order valence-corrected chi connectivity index (χ4v) is 1.20. The Morgan fingerprint density at radius 1 is 1.13 bits per heavy atom. The van der Waals surface area contributed by atoms with Gasteiger partial charge in [-0.05, 0) is 12.1 Å². The third-order valence-corrected chi connectivity index (χ3v) is 1.88. The molecule has 2 aromatic rings. The minimum atomic E-state index is -0.942. The zero-order valence-corrected chi connectivity index (χ0v) is 9.12. The first-order valence-corrected chi connectivity index (χ1v) is 3.90. The van der Waals surface area contributed by atoms with Crippen molar-refractivity contribution in [2.24, 2.45) is 0 Å². The molecule has 1 aromatic carbocycles. The zero-order chi connectivity index (χ0) is 10.1. The molecule has 0 aliphatic heterocycles. The molecule has 0 bridgehead atoms. The van der Waals surface area contributed by atoms with E-state index in [0.29, 0.717) is 22.8 Å². The van der Waals surface area contributed by atoms with Gasteiger partial charge in [-0.15, -0.1) is 0 Å². The van der Waals surface area contributed by atoms with Crippen LogP contribution in [-0.2, 0) is 0 Å². The number of benzene rings is 1. The molecule has 0 radical (unpaired) electrons. The number of carbonyl (C=O) groups excluding carboxylic acids is 1. The number of hydrogen-bond acceptors (Lipinski definition) is 2. The molecule has 1 aromatic heterocycles. The van der Waals surface area contributed by atoms with E-state index in [2.05, 4.69) is 4.98 Å². The van der Waals surface area contributed by atoms with Crippen LogP contribution in [0.2, 0.25) is 0 Å². The van der Waals surface area contributed by atoms with Crippen molar-refractivity contribution in [1.29, 1.82) is 0 Å². The Morgan fingerprint density at radius 3 is 2.47 bits per heavy atom. The van der Waals surface area contributed by atoms with E-state index in [-0.39, 0.29) is 9.90 Å². The highest BCUT2D eigenvalue weighted by Crippen LogP contribution is 2.16. The first kappa shape index (κ1) is 11.7. The average molecular weight is 227 g/mol. The summed E-state index contributed by atoms with van der Waals surface area (Å²) < 4.78 is 25.5. The molecule has 0 aliphatic rings. The van der Waals surface area contributed by atoms with Crippen LogP contribution in [0.15, 0.2) is 24.4 Å². The van der Waals surface area contributed by atoms with Crippen molar-refractivity contribution in [2.75, 3.05) is 0 Å². The Balaban J connectivity index is 0.00000112. The Bertz CT molecular complexity index is 516. The molecule has 15 heavy (non-hydrogen) atoms. The van der Waals surface area contributed by atoms with Gasteiger partial charge in [0.15, 0.2) is 17.9 Å². The van der Waals surface area contributed by atoms with E-state index in [0.717, 1.165) is 12.1 Å². The lowest BCUT2D eigenvalue weighted by atomic mass is 10.1. The smallest absolute Gasteiger partial charge is 0.161 e. The summed E-state index contributed by atoms with van der Waals surface area (Å²) in [5.41, 5.74) is 0.665. The SMILES string of the molecule is O=Cc1cnc2cc(F)c(F)cc2c1.P. The minimum absolute atomic E-state index is 0. The van der Waals surface area contributed by atoms with E-state index in [1.54, 1.807) is 0 Å². The molecule has 2 rings (SSSR count). The Morgan fingerprint density at radius 2 is 1.80 bits per heavy atom. The van der Waals surface area contributed by atoms with Crippen LogP contribution in [0.1, 0.15) is 10.4 Å². The molecule has 1 atom stereocenters. The van der Waals surface area contributed by atoms with Crippen molar-refractivity contribution >= 4 is 27.1 Å². The molecule has 0 spiro atoms. The van der Waals surface area contributed by atoms with Gasteiger partial charge in [-0.1, -0.05) is 0 Å². The molecule has 78 valence electrons. The molecule has 0 saturated carbocycles. The summed E-state index contributed by atoms with van der Waals surface area (Å²) in [4.78, 5) is 14.2. The summed E-state index contributed by atoms with van der Waals surface area (Å²) in [6.07, 6.45) is 1.92. The van der Waals surface area contributed by atoms with Crippen LogP contribution in [0.3, 0.4) is 0 Å². The van der Waals surface area contributed by atoms with Crippen molar-refractivity contribution in [3.05, 3.63) is 41.6 Å². The van der Waals surface area contributed by atoms with Gasteiger partial charge in [0.2, 0.25) is 0 Å². The fraction of sp³-hybridized carbons (Fsp3) is 0. The van der Waals surface area contributed by atoms with Gasteiger partial charge >= 0.3 is 0 Å². The molecular weight excluding hydrogens is 219 g/mol. The third kappa shape index (κ3) is 2.16. The summed E-state index contributed by atoms with van der Waals surface area (Å²) in [7, 11) is 0. The van der Waals surface area contributed by atoms with E-state index in [1.807, 2.05) is 0 Å². The Labute approximate surface area is 87.9 Å². The molecule has 0 fully saturated rings. The number of rotatable bonds is 1. The molecule has 0 amide bonds. The van der Waals surface area contributed by atoms with Crippen LogP contribution >= 0.6 is 9.90 Å². The maximum Gasteiger partial charge on any atom is 0.161 e. The second kappa shape index (κ2) is 4.41. The van der Waals surface area contributed by atoms with E-state index in [9.17, 15) is 13.6 Å². The summed E-state index contributed by atoms with van der Waals surface area (Å²) in [6, 6.07) is 3.47. The maximum atomic E-state index is 12.8. The normalized spacial score (nSPS) is 9.73. The second-order valence-corrected chi connectivity index (χ2v) is 2.85. The molecule has 0 saturated heterocycles. The second-order valence-electron chi connectivity index (χ2n) is 2.85. The minimum Gasteiger partial charge on any atom is -0.298 e. The van der Waals surface area contributed by atoms with E-state index in [4.69, 9.17) is 0 Å². The van der Waals surface area contributed by atoms with Crippen LogP contribution in [0.5, 0.6) is 0 Å². The number of aromatic nitrogens is 1. The molecule has 5 heteroatoms. The monoisotopic (exact) mass is 227 g/mol. The maximum absolute atomic E-state index is 12.8. The summed E-state index contributed by atoms with van der Waals surface area (Å²) in [5.74, 6) is -1.88. The number of pyridine rings is 1. The van der Waals surface area contributed by atoms with Gasteiger partial charge < -0.3 is 0 Å². The van der Waals surface area contributed by atoms with Gasteiger partial charge in [0.05, 0.1) is 5.52 Å². The lowest BCUT2D eigenvalue weighted by molar-refractivity contribution is 0.112. The van der Waals surface area contributed by atoms with E-state index in [1.165, 1.54) is 12.3 Å². The van der Waals surface area contributed by atoms with Crippen molar-refractivity contribution in [2.45, 2.75) is 0 Å². The Hall–Kier alpha value is -1.41. The highest BCUT2D eigenvalue weighted by molar-refractivity contribution is 6.92.